The molecule has 1 aromatic carbocycles. The highest BCUT2D eigenvalue weighted by molar-refractivity contribution is 5.90. The first-order chi connectivity index (χ1) is 8.28. The van der Waals surface area contributed by atoms with E-state index in [0.717, 1.165) is 5.56 Å². The van der Waals surface area contributed by atoms with Crippen LogP contribution in [-0.2, 0) is 11.2 Å². The van der Waals surface area contributed by atoms with Gasteiger partial charge in [-0.25, -0.2) is 0 Å². The molecule has 0 aliphatic rings. The molecular formula is C11H11N5O. The van der Waals surface area contributed by atoms with E-state index in [4.69, 9.17) is 0 Å². The molecule has 2 aromatic rings. The van der Waals surface area contributed by atoms with Crippen molar-refractivity contribution in [1.82, 2.24) is 20.2 Å². The summed E-state index contributed by atoms with van der Waals surface area (Å²) in [5.41, 5.74) is 0.932. The molecule has 2 rings (SSSR count). The van der Waals surface area contributed by atoms with Gasteiger partial charge in [-0.2, -0.15) is 0 Å². The predicted octanol–water partition coefficient (Wildman–Crippen LogP) is 0.955. The zero-order chi connectivity index (χ0) is 12.1. The van der Waals surface area contributed by atoms with E-state index in [2.05, 4.69) is 27.3 Å². The monoisotopic (exact) mass is 229 g/mol. The molecule has 6 heteroatoms. The number of benzene rings is 1. The Kier molecular flexibility index (Phi) is 3.25. The standard InChI is InChI=1S/C11H11N5O/c1-2-16-14-11(13-15-16)12-10(17)8-9-6-4-3-5-7-9/h2-7H,1,8H2,(H,12,14,17). The number of hydrogen-bond donors (Lipinski definition) is 1. The average Bonchev–Trinajstić information content (AvgIpc) is 2.78. The van der Waals surface area contributed by atoms with E-state index in [-0.39, 0.29) is 18.3 Å². The molecular weight excluding hydrogens is 218 g/mol. The Morgan fingerprint density at radius 1 is 1.41 bits per heavy atom. The lowest BCUT2D eigenvalue weighted by atomic mass is 10.1. The lowest BCUT2D eigenvalue weighted by Crippen LogP contribution is -2.15. The SMILES string of the molecule is C=Cn1nnc(NC(=O)Cc2ccccc2)n1. The Morgan fingerprint density at radius 3 is 2.82 bits per heavy atom. The number of nitrogens with zero attached hydrogens (tertiary/aromatic N) is 4. The quantitative estimate of drug-likeness (QED) is 0.847. The fraction of sp³-hybridized carbons (Fsp3) is 0.0909. The summed E-state index contributed by atoms with van der Waals surface area (Å²) < 4.78 is 0. The van der Waals surface area contributed by atoms with Crippen LogP contribution in [0.5, 0.6) is 0 Å². The molecule has 1 amide bonds. The van der Waals surface area contributed by atoms with Gasteiger partial charge in [-0.1, -0.05) is 42.0 Å². The topological polar surface area (TPSA) is 72.7 Å². The normalized spacial score (nSPS) is 9.88. The summed E-state index contributed by atoms with van der Waals surface area (Å²) in [5, 5.41) is 13.7. The molecule has 0 spiro atoms. The second-order valence-corrected chi connectivity index (χ2v) is 3.33. The molecule has 6 nitrogen and oxygen atoms in total. The van der Waals surface area contributed by atoms with Gasteiger partial charge in [0.15, 0.2) is 0 Å². The van der Waals surface area contributed by atoms with Crippen LogP contribution in [0.2, 0.25) is 0 Å². The smallest absolute Gasteiger partial charge is 0.270 e. The fourth-order valence-electron chi connectivity index (χ4n) is 1.30. The maximum Gasteiger partial charge on any atom is 0.270 e. The van der Waals surface area contributed by atoms with Gasteiger partial charge < -0.3 is 0 Å². The molecule has 1 heterocycles. The van der Waals surface area contributed by atoms with Gasteiger partial charge in [-0.15, -0.1) is 9.90 Å². The van der Waals surface area contributed by atoms with Crippen LogP contribution in [0.15, 0.2) is 36.9 Å². The molecule has 0 fully saturated rings. The van der Waals surface area contributed by atoms with Gasteiger partial charge >= 0.3 is 0 Å². The lowest BCUT2D eigenvalue weighted by Gasteiger charge is -2.00. The number of amides is 1. The first-order valence-corrected chi connectivity index (χ1v) is 5.04. The Morgan fingerprint density at radius 2 is 2.18 bits per heavy atom. The molecule has 0 aliphatic heterocycles. The van der Waals surface area contributed by atoms with Gasteiger partial charge in [-0.3, -0.25) is 10.1 Å². The number of aromatic nitrogens is 4. The van der Waals surface area contributed by atoms with Crippen LogP contribution in [0, 0.1) is 0 Å². The lowest BCUT2D eigenvalue weighted by molar-refractivity contribution is -0.115. The van der Waals surface area contributed by atoms with Crippen molar-refractivity contribution in [2.75, 3.05) is 5.32 Å². The molecule has 17 heavy (non-hydrogen) atoms. The summed E-state index contributed by atoms with van der Waals surface area (Å²) in [5.74, 6) is -0.00866. The van der Waals surface area contributed by atoms with Crippen LogP contribution in [0.3, 0.4) is 0 Å². The minimum absolute atomic E-state index is 0.172. The highest BCUT2D eigenvalue weighted by Gasteiger charge is 2.07. The Balaban J connectivity index is 1.95. The third kappa shape index (κ3) is 2.97. The van der Waals surface area contributed by atoms with Crippen molar-refractivity contribution in [3.8, 4) is 0 Å². The van der Waals surface area contributed by atoms with Crippen molar-refractivity contribution in [2.45, 2.75) is 6.42 Å². The van der Waals surface area contributed by atoms with Crippen LogP contribution in [0.1, 0.15) is 5.56 Å². The van der Waals surface area contributed by atoms with Gasteiger partial charge in [-0.05, 0) is 10.8 Å². The van der Waals surface area contributed by atoms with Crippen LogP contribution < -0.4 is 5.32 Å². The molecule has 0 atom stereocenters. The summed E-state index contributed by atoms with van der Waals surface area (Å²) in [6.45, 7) is 3.48. The molecule has 0 bridgehead atoms. The Labute approximate surface area is 98.0 Å². The van der Waals surface area contributed by atoms with Crippen molar-refractivity contribution in [3.63, 3.8) is 0 Å². The summed E-state index contributed by atoms with van der Waals surface area (Å²) in [4.78, 5) is 12.8. The van der Waals surface area contributed by atoms with Crippen molar-refractivity contribution >= 4 is 18.1 Å². The van der Waals surface area contributed by atoms with Gasteiger partial charge in [0, 0.05) is 6.20 Å². The number of rotatable bonds is 4. The van der Waals surface area contributed by atoms with Gasteiger partial charge in [0.1, 0.15) is 0 Å². The Hall–Kier alpha value is -2.50. The van der Waals surface area contributed by atoms with E-state index >= 15 is 0 Å². The zero-order valence-electron chi connectivity index (χ0n) is 9.08. The van der Waals surface area contributed by atoms with E-state index in [1.54, 1.807) is 0 Å². The molecule has 0 saturated heterocycles. The summed E-state index contributed by atoms with van der Waals surface area (Å²) >= 11 is 0. The Bertz CT molecular complexity index is 520. The first kappa shape index (κ1) is 11.0. The zero-order valence-corrected chi connectivity index (χ0v) is 9.08. The third-order valence-corrected chi connectivity index (χ3v) is 2.05. The van der Waals surface area contributed by atoms with Crippen molar-refractivity contribution in [1.29, 1.82) is 0 Å². The summed E-state index contributed by atoms with van der Waals surface area (Å²) in [7, 11) is 0. The van der Waals surface area contributed by atoms with Gasteiger partial charge in [0.2, 0.25) is 5.91 Å². The second-order valence-electron chi connectivity index (χ2n) is 3.33. The number of nitrogens with one attached hydrogen (secondary N) is 1. The third-order valence-electron chi connectivity index (χ3n) is 2.05. The molecule has 86 valence electrons. The van der Waals surface area contributed by atoms with Gasteiger partial charge in [0.05, 0.1) is 6.42 Å². The second kappa shape index (κ2) is 5.02. The van der Waals surface area contributed by atoms with Crippen LogP contribution in [0.25, 0.3) is 6.20 Å². The van der Waals surface area contributed by atoms with Crippen LogP contribution in [-0.4, -0.2) is 26.1 Å². The molecule has 0 unspecified atom stereocenters. The summed E-state index contributed by atoms with van der Waals surface area (Å²) in [6, 6.07) is 9.43. The first-order valence-electron chi connectivity index (χ1n) is 5.04. The van der Waals surface area contributed by atoms with E-state index in [1.165, 1.54) is 11.0 Å². The molecule has 1 aromatic heterocycles. The maximum absolute atomic E-state index is 11.6. The minimum Gasteiger partial charge on any atom is -0.292 e. The number of carbonyl (C=O) groups is 1. The number of hydrogen-bond acceptors (Lipinski definition) is 4. The van der Waals surface area contributed by atoms with E-state index in [1.807, 2.05) is 30.3 Å². The van der Waals surface area contributed by atoms with Crippen molar-refractivity contribution in [3.05, 3.63) is 42.5 Å². The van der Waals surface area contributed by atoms with E-state index in [0.29, 0.717) is 0 Å². The molecule has 0 radical (unpaired) electrons. The maximum atomic E-state index is 11.6. The number of anilines is 1. The molecule has 1 N–H and O–H groups in total. The van der Waals surface area contributed by atoms with E-state index in [9.17, 15) is 4.79 Å². The molecule has 0 saturated carbocycles. The number of carbonyl (C=O) groups excluding carboxylic acids is 1. The average molecular weight is 229 g/mol. The number of tetrazole rings is 1. The summed E-state index contributed by atoms with van der Waals surface area (Å²) in [6.07, 6.45) is 1.67. The predicted molar refractivity (Wildman–Crippen MR) is 63.0 cm³/mol. The van der Waals surface area contributed by atoms with Crippen LogP contribution >= 0.6 is 0 Å². The molecule has 0 aliphatic carbocycles. The van der Waals surface area contributed by atoms with Crippen LogP contribution in [0.4, 0.5) is 5.95 Å². The van der Waals surface area contributed by atoms with E-state index < -0.39 is 0 Å². The highest BCUT2D eigenvalue weighted by Crippen LogP contribution is 2.01. The highest BCUT2D eigenvalue weighted by atomic mass is 16.1. The fourth-order valence-corrected chi connectivity index (χ4v) is 1.30. The largest absolute Gasteiger partial charge is 0.292 e. The minimum atomic E-state index is -0.181. The van der Waals surface area contributed by atoms with Crippen molar-refractivity contribution in [2.24, 2.45) is 0 Å². The van der Waals surface area contributed by atoms with Gasteiger partial charge in [0.25, 0.3) is 5.95 Å². The van der Waals surface area contributed by atoms with Crippen molar-refractivity contribution < 1.29 is 4.79 Å².